The maximum atomic E-state index is 12.0. The number of carboxylic acid groups (broad SMARTS) is 1. The summed E-state index contributed by atoms with van der Waals surface area (Å²) in [5.41, 5.74) is 1.01. The second kappa shape index (κ2) is 7.65. The molecule has 0 spiro atoms. The minimum atomic E-state index is -0.982. The summed E-state index contributed by atoms with van der Waals surface area (Å²) in [6.45, 7) is 1.94. The quantitative estimate of drug-likeness (QED) is 0.851. The Hall–Kier alpha value is -2.53. The minimum Gasteiger partial charge on any atom is -0.481 e. The topological polar surface area (TPSA) is 75.6 Å². The lowest BCUT2D eigenvalue weighted by Gasteiger charge is -2.15. The molecule has 0 saturated carbocycles. The molecule has 2 rings (SSSR count). The Kier molecular flexibility index (Phi) is 5.60. The molecule has 0 aliphatic heterocycles. The van der Waals surface area contributed by atoms with Gasteiger partial charge in [-0.3, -0.25) is 4.79 Å². The fourth-order valence-corrected chi connectivity index (χ4v) is 2.08. The van der Waals surface area contributed by atoms with E-state index in [2.05, 4.69) is 5.32 Å². The van der Waals surface area contributed by atoms with Crippen LogP contribution in [0.2, 0.25) is 5.02 Å². The number of carbonyl (C=O) groups excluding carboxylic acids is 1. The van der Waals surface area contributed by atoms with Gasteiger partial charge in [-0.2, -0.15) is 0 Å². The van der Waals surface area contributed by atoms with Crippen molar-refractivity contribution in [2.45, 2.75) is 19.6 Å². The van der Waals surface area contributed by atoms with Gasteiger partial charge in [0.05, 0.1) is 5.56 Å². The van der Waals surface area contributed by atoms with Crippen molar-refractivity contribution < 1.29 is 19.4 Å². The monoisotopic (exact) mass is 333 g/mol. The van der Waals surface area contributed by atoms with Crippen LogP contribution >= 0.6 is 11.6 Å². The molecule has 0 fully saturated rings. The van der Waals surface area contributed by atoms with Crippen molar-refractivity contribution in [3.8, 4) is 5.75 Å². The van der Waals surface area contributed by atoms with Crippen molar-refractivity contribution in [3.05, 3.63) is 64.7 Å². The summed E-state index contributed by atoms with van der Waals surface area (Å²) in [6.07, 6.45) is -0.674. The third kappa shape index (κ3) is 5.00. The number of amides is 1. The lowest BCUT2D eigenvalue weighted by Crippen LogP contribution is -2.35. The van der Waals surface area contributed by atoms with Crippen molar-refractivity contribution in [1.29, 1.82) is 0 Å². The number of nitrogens with one attached hydrogen (secondary N) is 1. The number of hydrogen-bond acceptors (Lipinski definition) is 3. The van der Waals surface area contributed by atoms with E-state index in [9.17, 15) is 9.59 Å². The van der Waals surface area contributed by atoms with Crippen LogP contribution in [0.5, 0.6) is 5.75 Å². The zero-order valence-corrected chi connectivity index (χ0v) is 13.2. The molecule has 2 N–H and O–H groups in total. The molecular formula is C17H16ClNO4. The Morgan fingerprint density at radius 2 is 1.91 bits per heavy atom. The SMILES string of the molecule is CC(Oc1cccc(Cl)c1)C(=O)NCc1ccc(C(=O)O)cc1. The van der Waals surface area contributed by atoms with Crippen LogP contribution < -0.4 is 10.1 Å². The molecule has 0 aromatic heterocycles. The summed E-state index contributed by atoms with van der Waals surface area (Å²) in [6, 6.07) is 13.1. The molecule has 6 heteroatoms. The van der Waals surface area contributed by atoms with Crippen molar-refractivity contribution in [1.82, 2.24) is 5.32 Å². The van der Waals surface area contributed by atoms with Gasteiger partial charge < -0.3 is 15.2 Å². The van der Waals surface area contributed by atoms with Crippen LogP contribution in [0, 0.1) is 0 Å². The molecule has 0 bridgehead atoms. The fourth-order valence-electron chi connectivity index (χ4n) is 1.90. The van der Waals surface area contributed by atoms with Crippen molar-refractivity contribution in [2.24, 2.45) is 0 Å². The van der Waals surface area contributed by atoms with Crippen LogP contribution in [0.4, 0.5) is 0 Å². The summed E-state index contributed by atoms with van der Waals surface area (Å²) in [7, 11) is 0. The van der Waals surface area contributed by atoms with Gasteiger partial charge in [-0.05, 0) is 42.8 Å². The Bertz CT molecular complexity index is 700. The summed E-state index contributed by atoms with van der Waals surface area (Å²) >= 11 is 5.86. The van der Waals surface area contributed by atoms with E-state index in [0.29, 0.717) is 17.3 Å². The van der Waals surface area contributed by atoms with Crippen LogP contribution in [0.1, 0.15) is 22.8 Å². The van der Waals surface area contributed by atoms with E-state index in [1.54, 1.807) is 43.3 Å². The zero-order valence-electron chi connectivity index (χ0n) is 12.5. The van der Waals surface area contributed by atoms with E-state index in [1.807, 2.05) is 0 Å². The van der Waals surface area contributed by atoms with Crippen molar-refractivity contribution in [3.63, 3.8) is 0 Å². The van der Waals surface area contributed by atoms with Gasteiger partial charge in [-0.15, -0.1) is 0 Å². The third-order valence-corrected chi connectivity index (χ3v) is 3.38. The van der Waals surface area contributed by atoms with Gasteiger partial charge in [-0.25, -0.2) is 4.79 Å². The van der Waals surface area contributed by atoms with Crippen LogP contribution in [-0.4, -0.2) is 23.1 Å². The highest BCUT2D eigenvalue weighted by Gasteiger charge is 2.14. The number of aromatic carboxylic acids is 1. The molecule has 23 heavy (non-hydrogen) atoms. The van der Waals surface area contributed by atoms with Crippen LogP contribution in [0.15, 0.2) is 48.5 Å². The highest BCUT2D eigenvalue weighted by molar-refractivity contribution is 6.30. The first-order valence-corrected chi connectivity index (χ1v) is 7.35. The highest BCUT2D eigenvalue weighted by Crippen LogP contribution is 2.18. The Morgan fingerprint density at radius 1 is 1.22 bits per heavy atom. The average Bonchev–Trinajstić information content (AvgIpc) is 2.53. The first-order chi connectivity index (χ1) is 11.0. The van der Waals surface area contributed by atoms with Gasteiger partial charge in [0, 0.05) is 11.6 Å². The Morgan fingerprint density at radius 3 is 2.52 bits per heavy atom. The second-order valence-electron chi connectivity index (χ2n) is 4.94. The molecule has 2 aromatic carbocycles. The van der Waals surface area contributed by atoms with Crippen LogP contribution in [0.3, 0.4) is 0 Å². The molecule has 1 unspecified atom stereocenters. The zero-order chi connectivity index (χ0) is 16.8. The fraction of sp³-hybridized carbons (Fsp3) is 0.176. The smallest absolute Gasteiger partial charge is 0.335 e. The maximum Gasteiger partial charge on any atom is 0.335 e. The predicted molar refractivity (Wildman–Crippen MR) is 86.8 cm³/mol. The molecular weight excluding hydrogens is 318 g/mol. The normalized spacial score (nSPS) is 11.6. The molecule has 0 heterocycles. The minimum absolute atomic E-state index is 0.206. The number of hydrogen-bond donors (Lipinski definition) is 2. The van der Waals surface area contributed by atoms with E-state index in [0.717, 1.165) is 5.56 Å². The van der Waals surface area contributed by atoms with E-state index < -0.39 is 12.1 Å². The third-order valence-electron chi connectivity index (χ3n) is 3.15. The summed E-state index contributed by atoms with van der Waals surface area (Å²) < 4.78 is 5.52. The molecule has 0 aliphatic rings. The number of carbonyl (C=O) groups is 2. The Balaban J connectivity index is 1.87. The number of carboxylic acids is 1. The van der Waals surface area contributed by atoms with E-state index in [4.69, 9.17) is 21.4 Å². The van der Waals surface area contributed by atoms with Crippen LogP contribution in [0.25, 0.3) is 0 Å². The molecule has 120 valence electrons. The van der Waals surface area contributed by atoms with Gasteiger partial charge in [0.1, 0.15) is 5.75 Å². The molecule has 0 radical (unpaired) electrons. The predicted octanol–water partition coefficient (Wildman–Crippen LogP) is 3.12. The lowest BCUT2D eigenvalue weighted by molar-refractivity contribution is -0.127. The standard InChI is InChI=1S/C17H16ClNO4/c1-11(23-15-4-2-3-14(18)9-15)16(20)19-10-12-5-7-13(8-6-12)17(21)22/h2-9,11H,10H2,1H3,(H,19,20)(H,21,22). The summed E-state index contributed by atoms with van der Waals surface area (Å²) in [4.78, 5) is 22.8. The summed E-state index contributed by atoms with van der Waals surface area (Å²) in [5.74, 6) is -0.734. The number of rotatable bonds is 6. The van der Waals surface area contributed by atoms with E-state index in [-0.39, 0.29) is 11.5 Å². The van der Waals surface area contributed by atoms with Gasteiger partial charge in [0.2, 0.25) is 0 Å². The van der Waals surface area contributed by atoms with Crippen molar-refractivity contribution >= 4 is 23.5 Å². The van der Waals surface area contributed by atoms with Crippen LogP contribution in [-0.2, 0) is 11.3 Å². The molecule has 0 saturated heterocycles. The van der Waals surface area contributed by atoms with Gasteiger partial charge >= 0.3 is 5.97 Å². The lowest BCUT2D eigenvalue weighted by atomic mass is 10.1. The largest absolute Gasteiger partial charge is 0.481 e. The highest BCUT2D eigenvalue weighted by atomic mass is 35.5. The molecule has 0 aliphatic carbocycles. The number of halogens is 1. The average molecular weight is 334 g/mol. The molecule has 2 aromatic rings. The Labute approximate surface area is 138 Å². The van der Waals surface area contributed by atoms with Gasteiger partial charge in [0.25, 0.3) is 5.91 Å². The molecule has 1 atom stereocenters. The van der Waals surface area contributed by atoms with Gasteiger partial charge in [0.15, 0.2) is 6.10 Å². The molecule has 1 amide bonds. The molecule has 5 nitrogen and oxygen atoms in total. The first-order valence-electron chi connectivity index (χ1n) is 6.98. The first kappa shape index (κ1) is 16.8. The van der Waals surface area contributed by atoms with Gasteiger partial charge in [-0.1, -0.05) is 29.8 Å². The van der Waals surface area contributed by atoms with E-state index in [1.165, 1.54) is 12.1 Å². The second-order valence-corrected chi connectivity index (χ2v) is 5.37. The number of ether oxygens (including phenoxy) is 1. The van der Waals surface area contributed by atoms with E-state index >= 15 is 0 Å². The number of benzene rings is 2. The maximum absolute atomic E-state index is 12.0. The van der Waals surface area contributed by atoms with Crippen molar-refractivity contribution in [2.75, 3.05) is 0 Å². The summed E-state index contributed by atoms with van der Waals surface area (Å²) in [5, 5.41) is 12.1.